The monoisotopic (exact) mass is 225 g/mol. The highest BCUT2D eigenvalue weighted by atomic mass is 35.5. The highest BCUT2D eigenvalue weighted by Gasteiger charge is 1.89. The summed E-state index contributed by atoms with van der Waals surface area (Å²) in [6, 6.07) is 0. The van der Waals surface area contributed by atoms with Crippen molar-refractivity contribution in [1.82, 2.24) is 5.32 Å². The van der Waals surface area contributed by atoms with Gasteiger partial charge in [0.1, 0.15) is 0 Å². The molecule has 1 N–H and O–H groups in total. The Morgan fingerprint density at radius 1 is 1.23 bits per heavy atom. The number of hydrogen-bond acceptors (Lipinski definition) is 3. The number of halogens is 1. The van der Waals surface area contributed by atoms with E-state index in [1.54, 1.807) is 0 Å². The van der Waals surface area contributed by atoms with E-state index in [1.807, 2.05) is 11.8 Å². The molecule has 0 rings (SSSR count). The van der Waals surface area contributed by atoms with E-state index in [1.165, 1.54) is 12.2 Å². The number of rotatable bonds is 10. The first-order valence-corrected chi connectivity index (χ1v) is 6.68. The molecule has 0 saturated heterocycles. The van der Waals surface area contributed by atoms with Gasteiger partial charge in [0, 0.05) is 12.5 Å². The fourth-order valence-corrected chi connectivity index (χ4v) is 1.46. The number of nitrogens with one attached hydrogen (secondary N) is 1. The first-order chi connectivity index (χ1) is 6.41. The third-order valence-corrected chi connectivity index (χ3v) is 2.42. The molecule has 0 aromatic carbocycles. The molecule has 0 aromatic rings. The van der Waals surface area contributed by atoms with Gasteiger partial charge in [-0.15, -0.1) is 11.6 Å². The van der Waals surface area contributed by atoms with Crippen LogP contribution in [0.4, 0.5) is 0 Å². The molecule has 2 nitrogen and oxygen atoms in total. The van der Waals surface area contributed by atoms with Crippen molar-refractivity contribution < 1.29 is 4.74 Å². The second-order valence-corrected chi connectivity index (χ2v) is 4.11. The molecule has 0 saturated carbocycles. The van der Waals surface area contributed by atoms with Crippen LogP contribution in [0.2, 0.25) is 0 Å². The fourth-order valence-electron chi connectivity index (χ4n) is 0.922. The predicted octanol–water partition coefficient (Wildman–Crippen LogP) is 1.97. The molecule has 0 aliphatic rings. The van der Waals surface area contributed by atoms with Crippen LogP contribution < -0.4 is 5.32 Å². The molecule has 0 aliphatic carbocycles. The smallest absolute Gasteiger partial charge is 0.0601 e. The summed E-state index contributed by atoms with van der Waals surface area (Å²) in [5.41, 5.74) is 0. The van der Waals surface area contributed by atoms with Crippen molar-refractivity contribution in [2.45, 2.75) is 12.8 Å². The molecule has 0 radical (unpaired) electrons. The zero-order valence-electron chi connectivity index (χ0n) is 8.35. The molecule has 0 amide bonds. The summed E-state index contributed by atoms with van der Waals surface area (Å²) in [4.78, 5) is 0. The Balaban J connectivity index is 2.76. The third-order valence-electron chi connectivity index (χ3n) is 1.57. The molecule has 0 fully saturated rings. The largest absolute Gasteiger partial charge is 0.380 e. The minimum absolute atomic E-state index is 0.598. The van der Waals surface area contributed by atoms with Gasteiger partial charge in [-0.2, -0.15) is 11.8 Å². The van der Waals surface area contributed by atoms with E-state index in [-0.39, 0.29) is 0 Å². The van der Waals surface area contributed by atoms with Crippen molar-refractivity contribution in [2.24, 2.45) is 0 Å². The van der Waals surface area contributed by atoms with Crippen LogP contribution in [0.1, 0.15) is 12.8 Å². The van der Waals surface area contributed by atoms with Crippen molar-refractivity contribution in [3.63, 3.8) is 0 Å². The van der Waals surface area contributed by atoms with E-state index in [4.69, 9.17) is 16.3 Å². The van der Waals surface area contributed by atoms with E-state index >= 15 is 0 Å². The molecular formula is C9H20ClNOS. The molecule has 0 aromatic heterocycles. The third kappa shape index (κ3) is 12.6. The maximum atomic E-state index is 5.46. The molecule has 0 spiro atoms. The number of thioether (sulfide) groups is 1. The summed E-state index contributed by atoms with van der Waals surface area (Å²) < 4.78 is 5.23. The van der Waals surface area contributed by atoms with Crippen molar-refractivity contribution in [3.8, 4) is 0 Å². The molecular weight excluding hydrogens is 206 g/mol. The van der Waals surface area contributed by atoms with E-state index < -0.39 is 0 Å². The van der Waals surface area contributed by atoms with Gasteiger partial charge < -0.3 is 10.1 Å². The Labute approximate surface area is 90.7 Å². The van der Waals surface area contributed by atoms with Gasteiger partial charge >= 0.3 is 0 Å². The topological polar surface area (TPSA) is 21.3 Å². The van der Waals surface area contributed by atoms with Gasteiger partial charge in [-0.1, -0.05) is 0 Å². The zero-order valence-corrected chi connectivity index (χ0v) is 9.92. The van der Waals surface area contributed by atoms with Crippen LogP contribution in [-0.4, -0.2) is 44.2 Å². The summed E-state index contributed by atoms with van der Waals surface area (Å²) >= 11 is 7.35. The van der Waals surface area contributed by atoms with Crippen LogP contribution in [0, 0.1) is 0 Å². The maximum absolute atomic E-state index is 5.46. The molecule has 0 heterocycles. The number of hydrogen-bond donors (Lipinski definition) is 1. The van der Waals surface area contributed by atoms with Crippen LogP contribution in [0.15, 0.2) is 0 Å². The lowest BCUT2D eigenvalue weighted by Crippen LogP contribution is -2.18. The van der Waals surface area contributed by atoms with Crippen molar-refractivity contribution in [1.29, 1.82) is 0 Å². The Morgan fingerprint density at radius 2 is 2.00 bits per heavy atom. The second-order valence-electron chi connectivity index (χ2n) is 2.75. The molecule has 4 heteroatoms. The first-order valence-electron chi connectivity index (χ1n) is 4.75. The lowest BCUT2D eigenvalue weighted by atomic mass is 10.4. The molecule has 0 unspecified atom stereocenters. The van der Waals surface area contributed by atoms with Crippen molar-refractivity contribution >= 4 is 23.4 Å². The quantitative estimate of drug-likeness (QED) is 0.454. The summed E-state index contributed by atoms with van der Waals surface area (Å²) in [6.07, 6.45) is 4.47. The standard InChI is InChI=1S/C9H20ClNOS/c1-13-9-3-6-11-5-2-7-12-8-4-10/h11H,2-9H2,1H3. The van der Waals surface area contributed by atoms with Gasteiger partial charge in [-0.25, -0.2) is 0 Å². The van der Waals surface area contributed by atoms with Gasteiger partial charge in [-0.05, 0) is 37.9 Å². The van der Waals surface area contributed by atoms with Crippen LogP contribution in [0.5, 0.6) is 0 Å². The van der Waals surface area contributed by atoms with Crippen LogP contribution in [0.25, 0.3) is 0 Å². The Kier molecular flexibility index (Phi) is 13.1. The minimum Gasteiger partial charge on any atom is -0.380 e. The molecule has 0 aliphatic heterocycles. The second kappa shape index (κ2) is 12.6. The van der Waals surface area contributed by atoms with Crippen LogP contribution >= 0.6 is 23.4 Å². The summed E-state index contributed by atoms with van der Waals surface area (Å²) in [5.74, 6) is 1.84. The highest BCUT2D eigenvalue weighted by molar-refractivity contribution is 7.98. The Hall–Kier alpha value is 0.560. The summed E-state index contributed by atoms with van der Waals surface area (Å²) in [5, 5.41) is 3.37. The predicted molar refractivity (Wildman–Crippen MR) is 62.0 cm³/mol. The van der Waals surface area contributed by atoms with Gasteiger partial charge in [-0.3, -0.25) is 0 Å². The minimum atomic E-state index is 0.598. The lowest BCUT2D eigenvalue weighted by molar-refractivity contribution is 0.146. The van der Waals surface area contributed by atoms with Crippen LogP contribution in [0.3, 0.4) is 0 Å². The van der Waals surface area contributed by atoms with E-state index in [0.29, 0.717) is 12.5 Å². The van der Waals surface area contributed by atoms with Crippen molar-refractivity contribution in [3.05, 3.63) is 0 Å². The molecule has 0 atom stereocenters. The average molecular weight is 226 g/mol. The first kappa shape index (κ1) is 13.6. The molecule has 80 valence electrons. The van der Waals surface area contributed by atoms with Gasteiger partial charge in [0.05, 0.1) is 6.61 Å². The molecule has 13 heavy (non-hydrogen) atoms. The maximum Gasteiger partial charge on any atom is 0.0601 e. The Morgan fingerprint density at radius 3 is 2.69 bits per heavy atom. The van der Waals surface area contributed by atoms with E-state index in [2.05, 4.69) is 11.6 Å². The lowest BCUT2D eigenvalue weighted by Gasteiger charge is -2.04. The normalized spacial score (nSPS) is 10.6. The zero-order chi connectivity index (χ0) is 9.78. The van der Waals surface area contributed by atoms with Crippen molar-refractivity contribution in [2.75, 3.05) is 44.2 Å². The van der Waals surface area contributed by atoms with E-state index in [9.17, 15) is 0 Å². The van der Waals surface area contributed by atoms with E-state index in [0.717, 1.165) is 26.1 Å². The van der Waals surface area contributed by atoms with Crippen LogP contribution in [-0.2, 0) is 4.74 Å². The average Bonchev–Trinajstić information content (AvgIpc) is 2.16. The molecule has 0 bridgehead atoms. The SMILES string of the molecule is CSCCCNCCCOCCCl. The summed E-state index contributed by atoms with van der Waals surface area (Å²) in [7, 11) is 0. The van der Waals surface area contributed by atoms with Gasteiger partial charge in [0.15, 0.2) is 0 Å². The highest BCUT2D eigenvalue weighted by Crippen LogP contribution is 1.93. The Bertz CT molecular complexity index is 85.7. The number of alkyl halides is 1. The fraction of sp³-hybridized carbons (Fsp3) is 1.00. The van der Waals surface area contributed by atoms with Gasteiger partial charge in [0.25, 0.3) is 0 Å². The summed E-state index contributed by atoms with van der Waals surface area (Å²) in [6.45, 7) is 3.67. The number of ether oxygens (including phenoxy) is 1. The van der Waals surface area contributed by atoms with Gasteiger partial charge in [0.2, 0.25) is 0 Å².